The summed E-state index contributed by atoms with van der Waals surface area (Å²) in [6, 6.07) is 16.8. The highest BCUT2D eigenvalue weighted by Gasteiger charge is 2.32. The van der Waals surface area contributed by atoms with E-state index in [4.69, 9.17) is 24.0 Å². The summed E-state index contributed by atoms with van der Waals surface area (Å²) in [5, 5.41) is 0. The number of carbonyl (C=O) groups excluding carboxylic acids is 1. The minimum Gasteiger partial charge on any atom is -0.494 e. The quantitative estimate of drug-likeness (QED) is 0.0388. The second-order valence-electron chi connectivity index (χ2n) is 14.0. The number of unbranched alkanes of at least 4 members (excludes halogenated alkanes) is 7. The lowest BCUT2D eigenvalue weighted by Gasteiger charge is -2.37. The number of carbonyl (C=O) groups is 1. The van der Waals surface area contributed by atoms with Crippen molar-refractivity contribution in [2.45, 2.75) is 148 Å². The van der Waals surface area contributed by atoms with Crippen molar-refractivity contribution >= 4 is 5.97 Å². The van der Waals surface area contributed by atoms with Crippen LogP contribution in [0, 0.1) is 25.2 Å². The fourth-order valence-electron chi connectivity index (χ4n) is 7.12. The average molecular weight is 663 g/mol. The SMILES string of the molecule is [CH2+][CH-]CCCC(=O)OC1CCC(C2CCC(OOCc3ccc(OCCCCCCOc4ccc(CCCCC)cc4)cc3)CC2)CC1. The van der Waals surface area contributed by atoms with Gasteiger partial charge in [0.1, 0.15) is 24.2 Å². The molecule has 0 amide bonds. The third kappa shape index (κ3) is 14.8. The largest absolute Gasteiger partial charge is 0.494 e. The van der Waals surface area contributed by atoms with Gasteiger partial charge < -0.3 is 14.2 Å². The van der Waals surface area contributed by atoms with E-state index < -0.39 is 0 Å². The summed E-state index contributed by atoms with van der Waals surface area (Å²) >= 11 is 0. The van der Waals surface area contributed by atoms with E-state index in [0.717, 1.165) is 113 Å². The Kier molecular flexibility index (Phi) is 18.1. The maximum Gasteiger partial charge on any atom is 0.305 e. The molecule has 0 unspecified atom stereocenters. The van der Waals surface area contributed by atoms with Gasteiger partial charge in [0.05, 0.1) is 19.3 Å². The topological polar surface area (TPSA) is 63.2 Å². The molecule has 0 bridgehead atoms. The van der Waals surface area contributed by atoms with Crippen molar-refractivity contribution in [3.8, 4) is 11.5 Å². The Morgan fingerprint density at radius 1 is 0.688 bits per heavy atom. The summed E-state index contributed by atoms with van der Waals surface area (Å²) in [6.45, 7) is 7.90. The highest BCUT2D eigenvalue weighted by Crippen LogP contribution is 2.39. The number of esters is 1. The van der Waals surface area contributed by atoms with E-state index in [2.05, 4.69) is 50.2 Å². The summed E-state index contributed by atoms with van der Waals surface area (Å²) in [4.78, 5) is 23.5. The van der Waals surface area contributed by atoms with Crippen molar-refractivity contribution in [1.82, 2.24) is 0 Å². The van der Waals surface area contributed by atoms with E-state index in [-0.39, 0.29) is 18.2 Å². The molecule has 0 heterocycles. The van der Waals surface area contributed by atoms with Gasteiger partial charge >= 0.3 is 5.97 Å². The smallest absolute Gasteiger partial charge is 0.305 e. The van der Waals surface area contributed by atoms with Crippen LogP contribution < -0.4 is 9.47 Å². The first-order chi connectivity index (χ1) is 23.6. The van der Waals surface area contributed by atoms with Crippen molar-refractivity contribution in [3.63, 3.8) is 0 Å². The number of benzene rings is 2. The summed E-state index contributed by atoms with van der Waals surface area (Å²) in [6.07, 6.45) is 22.6. The molecule has 0 radical (unpaired) electrons. The minimum absolute atomic E-state index is 0.0451. The molecule has 2 fully saturated rings. The van der Waals surface area contributed by atoms with E-state index in [1.54, 1.807) is 0 Å². The molecule has 6 heteroatoms. The summed E-state index contributed by atoms with van der Waals surface area (Å²) in [5.74, 6) is 3.33. The lowest BCUT2D eigenvalue weighted by atomic mass is 9.72. The predicted molar refractivity (Wildman–Crippen MR) is 193 cm³/mol. The predicted octanol–water partition coefficient (Wildman–Crippen LogP) is 10.8. The standard InChI is InChI=1S/C42H62O6/c1-3-5-9-13-34-15-23-38(24-16-34)44-31-11-7-8-12-32-45-39-25-17-35(18-26-39)33-46-48-41-29-21-37(22-30-41)36-19-27-40(28-20-36)47-42(43)14-10-6-4-2/h4,15-18,23-26,36-37,40-41H,2-3,5-14,19-22,27-33H2,1H3. The fourth-order valence-corrected chi connectivity index (χ4v) is 7.12. The molecule has 0 aliphatic heterocycles. The first-order valence-electron chi connectivity index (χ1n) is 19.1. The van der Waals surface area contributed by atoms with Crippen LogP contribution in [-0.2, 0) is 32.3 Å². The van der Waals surface area contributed by atoms with Gasteiger partial charge in [-0.25, -0.2) is 9.78 Å². The van der Waals surface area contributed by atoms with E-state index in [1.165, 1.54) is 50.5 Å². The zero-order chi connectivity index (χ0) is 33.7. The van der Waals surface area contributed by atoms with Crippen molar-refractivity contribution in [2.75, 3.05) is 13.2 Å². The van der Waals surface area contributed by atoms with Gasteiger partial charge in [0.2, 0.25) is 0 Å². The molecular formula is C42H62O6. The van der Waals surface area contributed by atoms with Gasteiger partial charge in [0.15, 0.2) is 0 Å². The van der Waals surface area contributed by atoms with Crippen LogP contribution in [0.1, 0.15) is 134 Å². The van der Waals surface area contributed by atoms with Crippen molar-refractivity contribution < 1.29 is 28.8 Å². The van der Waals surface area contributed by atoms with Gasteiger partial charge in [-0.2, -0.15) is 0 Å². The molecule has 0 atom stereocenters. The molecule has 48 heavy (non-hydrogen) atoms. The second-order valence-corrected chi connectivity index (χ2v) is 14.0. The van der Waals surface area contributed by atoms with Gasteiger partial charge in [0, 0.05) is 6.42 Å². The van der Waals surface area contributed by atoms with E-state index in [1.807, 2.05) is 18.6 Å². The molecule has 4 rings (SSSR count). The molecule has 266 valence electrons. The third-order valence-electron chi connectivity index (χ3n) is 10.1. The molecule has 0 N–H and O–H groups in total. The summed E-state index contributed by atoms with van der Waals surface area (Å²) in [7, 11) is 0. The van der Waals surface area contributed by atoms with Crippen molar-refractivity contribution in [2.24, 2.45) is 11.8 Å². The Hall–Kier alpha value is -2.70. The van der Waals surface area contributed by atoms with Crippen LogP contribution in [0.3, 0.4) is 0 Å². The first kappa shape index (κ1) is 38.1. The molecule has 0 saturated heterocycles. The molecule has 2 aliphatic carbocycles. The van der Waals surface area contributed by atoms with Crippen LogP contribution >= 0.6 is 0 Å². The van der Waals surface area contributed by atoms with E-state index in [0.29, 0.717) is 13.0 Å². The maximum atomic E-state index is 12.0. The van der Waals surface area contributed by atoms with Crippen LogP contribution in [0.5, 0.6) is 11.5 Å². The van der Waals surface area contributed by atoms with Crippen LogP contribution in [0.4, 0.5) is 0 Å². The Labute approximate surface area is 291 Å². The number of rotatable bonds is 23. The van der Waals surface area contributed by atoms with Crippen molar-refractivity contribution in [3.05, 3.63) is 73.0 Å². The zero-order valence-electron chi connectivity index (χ0n) is 29.7. The molecule has 2 aliphatic rings. The van der Waals surface area contributed by atoms with Gasteiger partial charge in [-0.3, -0.25) is 4.79 Å². The van der Waals surface area contributed by atoms with Gasteiger partial charge in [0.25, 0.3) is 0 Å². The van der Waals surface area contributed by atoms with Crippen molar-refractivity contribution in [1.29, 1.82) is 0 Å². The third-order valence-corrected chi connectivity index (χ3v) is 10.1. The maximum absolute atomic E-state index is 12.0. The van der Waals surface area contributed by atoms with E-state index >= 15 is 0 Å². The minimum atomic E-state index is -0.0451. The lowest BCUT2D eigenvalue weighted by molar-refractivity contribution is -0.338. The van der Waals surface area contributed by atoms with Crippen LogP contribution in [0.25, 0.3) is 0 Å². The highest BCUT2D eigenvalue weighted by molar-refractivity contribution is 5.69. The molecule has 2 aromatic rings. The van der Waals surface area contributed by atoms with Crippen LogP contribution in [-0.4, -0.2) is 31.4 Å². The van der Waals surface area contributed by atoms with Crippen LogP contribution in [0.2, 0.25) is 0 Å². The average Bonchev–Trinajstić information content (AvgIpc) is 3.11. The monoisotopic (exact) mass is 662 g/mol. The normalized spacial score (nSPS) is 21.1. The lowest BCUT2D eigenvalue weighted by Crippen LogP contribution is -2.31. The summed E-state index contributed by atoms with van der Waals surface area (Å²) in [5.41, 5.74) is 2.49. The zero-order valence-corrected chi connectivity index (χ0v) is 29.7. The fraction of sp³-hybridized carbons (Fsp3) is 0.643. The Bertz CT molecular complexity index is 1100. The molecular weight excluding hydrogens is 600 g/mol. The molecule has 2 aromatic carbocycles. The van der Waals surface area contributed by atoms with Gasteiger partial charge in [-0.05, 0) is 137 Å². The molecule has 6 nitrogen and oxygen atoms in total. The Balaban J connectivity index is 0.969. The van der Waals surface area contributed by atoms with Crippen LogP contribution in [0.15, 0.2) is 48.5 Å². The number of hydrogen-bond donors (Lipinski definition) is 0. The van der Waals surface area contributed by atoms with Gasteiger partial charge in [-0.1, -0.05) is 57.4 Å². The first-order valence-corrected chi connectivity index (χ1v) is 19.1. The second kappa shape index (κ2) is 22.8. The Morgan fingerprint density at radius 2 is 1.25 bits per heavy atom. The molecule has 0 spiro atoms. The summed E-state index contributed by atoms with van der Waals surface area (Å²) < 4.78 is 17.6. The number of ether oxygens (including phenoxy) is 3. The highest BCUT2D eigenvalue weighted by atomic mass is 17.2. The Morgan fingerprint density at radius 3 is 1.81 bits per heavy atom. The number of aryl methyl sites for hydroxylation is 1. The molecule has 0 aromatic heterocycles. The van der Waals surface area contributed by atoms with E-state index in [9.17, 15) is 4.79 Å². The van der Waals surface area contributed by atoms with Gasteiger partial charge in [-0.15, -0.1) is 12.8 Å². The number of hydrogen-bond acceptors (Lipinski definition) is 6. The molecule has 2 saturated carbocycles.